The third kappa shape index (κ3) is 4.10. The number of carbonyl (C=O) groups is 1. The fraction of sp³-hybridized carbons (Fsp3) is 0.250. The molecular weight excluding hydrogens is 457 g/mol. The van der Waals surface area contributed by atoms with Gasteiger partial charge in [0.05, 0.1) is 6.54 Å². The number of carbonyl (C=O) groups excluding carboxylic acids is 1. The van der Waals surface area contributed by atoms with Crippen molar-refractivity contribution in [2.45, 2.75) is 30.7 Å². The molecule has 2 aliphatic heterocycles. The summed E-state index contributed by atoms with van der Waals surface area (Å²) in [6.07, 6.45) is 5.59. The summed E-state index contributed by atoms with van der Waals surface area (Å²) >= 11 is 0. The molecule has 2 aliphatic rings. The van der Waals surface area contributed by atoms with E-state index in [-0.39, 0.29) is 5.56 Å². The first kappa shape index (κ1) is 22.3. The maximum atomic E-state index is 14.6. The van der Waals surface area contributed by atoms with Crippen LogP contribution in [0.15, 0.2) is 70.8 Å². The number of piperidine rings is 1. The lowest BCUT2D eigenvalue weighted by atomic mass is 10.1. The molecule has 5 rings (SSSR count). The van der Waals surface area contributed by atoms with Gasteiger partial charge in [0, 0.05) is 36.6 Å². The van der Waals surface area contributed by atoms with Crippen molar-refractivity contribution >= 4 is 27.7 Å². The molecule has 3 aromatic rings. The molecule has 1 fully saturated rings. The molecule has 1 saturated heterocycles. The highest BCUT2D eigenvalue weighted by Crippen LogP contribution is 2.28. The van der Waals surface area contributed by atoms with Gasteiger partial charge in [-0.1, -0.05) is 30.7 Å². The van der Waals surface area contributed by atoms with Gasteiger partial charge in [-0.3, -0.25) is 9.69 Å². The average molecular weight is 480 g/mol. The Morgan fingerprint density at radius 2 is 1.71 bits per heavy atom. The van der Waals surface area contributed by atoms with Crippen molar-refractivity contribution in [3.8, 4) is 0 Å². The summed E-state index contributed by atoms with van der Waals surface area (Å²) in [5.41, 5.74) is 1.70. The average Bonchev–Trinajstić information content (AvgIpc) is 3.23. The van der Waals surface area contributed by atoms with E-state index in [0.717, 1.165) is 42.5 Å². The molecule has 1 amide bonds. The van der Waals surface area contributed by atoms with Crippen molar-refractivity contribution in [1.29, 1.82) is 0 Å². The highest BCUT2D eigenvalue weighted by atomic mass is 32.2. The number of halogens is 1. The number of hydrogen-bond acceptors (Lipinski definition) is 5. The second-order valence-electron chi connectivity index (χ2n) is 8.14. The van der Waals surface area contributed by atoms with E-state index in [4.69, 9.17) is 0 Å². The zero-order chi connectivity index (χ0) is 23.7. The summed E-state index contributed by atoms with van der Waals surface area (Å²) in [7, 11) is -4.05. The van der Waals surface area contributed by atoms with Gasteiger partial charge in [0.2, 0.25) is 16.0 Å². The monoisotopic (exact) mass is 479 g/mol. The molecule has 0 radical (unpaired) electrons. The lowest BCUT2D eigenvalue weighted by Gasteiger charge is -2.26. The van der Waals surface area contributed by atoms with Crippen LogP contribution in [0.4, 0.5) is 10.3 Å². The molecule has 0 spiro atoms. The van der Waals surface area contributed by atoms with Crippen molar-refractivity contribution in [2.75, 3.05) is 18.0 Å². The van der Waals surface area contributed by atoms with Gasteiger partial charge in [0.1, 0.15) is 16.5 Å². The lowest BCUT2D eigenvalue weighted by molar-refractivity contribution is 0.100. The van der Waals surface area contributed by atoms with Gasteiger partial charge < -0.3 is 0 Å². The van der Waals surface area contributed by atoms with Crippen LogP contribution in [-0.4, -0.2) is 47.5 Å². The molecular formula is C24H22FN5O3S. The van der Waals surface area contributed by atoms with Crippen LogP contribution in [0.3, 0.4) is 0 Å². The maximum absolute atomic E-state index is 14.6. The quantitative estimate of drug-likeness (QED) is 0.569. The fourth-order valence-corrected chi connectivity index (χ4v) is 5.83. The number of hydrogen-bond donors (Lipinski definition) is 0. The summed E-state index contributed by atoms with van der Waals surface area (Å²) < 4.78 is 42.0. The molecule has 8 nitrogen and oxygen atoms in total. The highest BCUT2D eigenvalue weighted by Gasteiger charge is 2.31. The molecule has 0 unspecified atom stereocenters. The second kappa shape index (κ2) is 9.03. The van der Waals surface area contributed by atoms with Crippen LogP contribution in [-0.2, 0) is 16.6 Å². The molecule has 34 heavy (non-hydrogen) atoms. The Kier molecular flexibility index (Phi) is 5.93. The molecule has 0 atom stereocenters. The summed E-state index contributed by atoms with van der Waals surface area (Å²) in [5.74, 6) is -0.822. The van der Waals surface area contributed by atoms with Crippen molar-refractivity contribution in [3.63, 3.8) is 0 Å². The third-order valence-corrected chi connectivity index (χ3v) is 7.87. The molecule has 1 aromatic heterocycles. The molecule has 10 heteroatoms. The molecule has 0 aliphatic carbocycles. The number of sulfonamides is 1. The maximum Gasteiger partial charge on any atom is 0.279 e. The topological polar surface area (TPSA) is 95.8 Å². The summed E-state index contributed by atoms with van der Waals surface area (Å²) in [5, 5.41) is 0. The van der Waals surface area contributed by atoms with Crippen LogP contribution >= 0.6 is 0 Å². The van der Waals surface area contributed by atoms with Crippen molar-refractivity contribution < 1.29 is 17.6 Å². The lowest BCUT2D eigenvalue weighted by Crippen LogP contribution is -2.36. The summed E-state index contributed by atoms with van der Waals surface area (Å²) in [6, 6.07) is 12.5. The summed E-state index contributed by atoms with van der Waals surface area (Å²) in [6.45, 7) is 1.11. The number of rotatable bonds is 4. The second-order valence-corrected chi connectivity index (χ2v) is 10.0. The highest BCUT2D eigenvalue weighted by molar-refractivity contribution is 7.89. The van der Waals surface area contributed by atoms with E-state index in [1.165, 1.54) is 10.4 Å². The zero-order valence-corrected chi connectivity index (χ0v) is 19.1. The minimum Gasteiger partial charge on any atom is -0.290 e. The SMILES string of the molecule is O=C(N=C1c2ccccc2CN1c1ncccn1)c1ccc(F)c(S(=O)(=O)N2CCCCC2)c1. The minimum absolute atomic E-state index is 0.0113. The van der Waals surface area contributed by atoms with Crippen LogP contribution < -0.4 is 4.90 Å². The molecule has 174 valence electrons. The molecule has 3 heterocycles. The van der Waals surface area contributed by atoms with Gasteiger partial charge >= 0.3 is 0 Å². The Bertz CT molecular complexity index is 1370. The van der Waals surface area contributed by atoms with Gasteiger partial charge in [-0.15, -0.1) is 0 Å². The number of nitrogens with zero attached hydrogens (tertiary/aromatic N) is 5. The molecule has 0 bridgehead atoms. The van der Waals surface area contributed by atoms with E-state index in [1.54, 1.807) is 23.4 Å². The number of fused-ring (bicyclic) bond motifs is 1. The Labute approximate surface area is 196 Å². The van der Waals surface area contributed by atoms with Gasteiger partial charge in [-0.25, -0.2) is 22.8 Å². The minimum atomic E-state index is -4.05. The van der Waals surface area contributed by atoms with E-state index in [0.29, 0.717) is 31.4 Å². The number of aromatic nitrogens is 2. The normalized spacial score (nSPS) is 17.7. The fourth-order valence-electron chi connectivity index (χ4n) is 4.22. The number of benzene rings is 2. The van der Waals surface area contributed by atoms with Crippen LogP contribution in [0.1, 0.15) is 40.7 Å². The van der Waals surface area contributed by atoms with Gasteiger partial charge in [0.25, 0.3) is 5.91 Å². The molecule has 0 saturated carbocycles. The van der Waals surface area contributed by atoms with Crippen LogP contribution in [0.2, 0.25) is 0 Å². The van der Waals surface area contributed by atoms with Crippen LogP contribution in [0, 0.1) is 5.82 Å². The van der Waals surface area contributed by atoms with Gasteiger partial charge in [-0.2, -0.15) is 9.30 Å². The van der Waals surface area contributed by atoms with Gasteiger partial charge in [-0.05, 0) is 42.7 Å². The Morgan fingerprint density at radius 3 is 2.47 bits per heavy atom. The van der Waals surface area contributed by atoms with E-state index >= 15 is 0 Å². The van der Waals surface area contributed by atoms with E-state index < -0.39 is 26.6 Å². The van der Waals surface area contributed by atoms with E-state index in [2.05, 4.69) is 15.0 Å². The first-order chi connectivity index (χ1) is 16.4. The Hall–Kier alpha value is -3.50. The van der Waals surface area contributed by atoms with Gasteiger partial charge in [0.15, 0.2) is 0 Å². The number of amides is 1. The standard InChI is InChI=1S/C24H22FN5O3S/c25-20-10-9-17(15-21(20)34(32,33)29-13-4-1-5-14-29)23(31)28-22-19-8-3-2-7-18(19)16-30(22)24-26-11-6-12-27-24/h2-3,6-12,15H,1,4-5,13-14,16H2. The molecule has 0 N–H and O–H groups in total. The van der Waals surface area contributed by atoms with Crippen LogP contribution in [0.5, 0.6) is 0 Å². The smallest absolute Gasteiger partial charge is 0.279 e. The van der Waals surface area contributed by atoms with Crippen molar-refractivity contribution in [3.05, 3.63) is 83.4 Å². The van der Waals surface area contributed by atoms with Crippen molar-refractivity contribution in [1.82, 2.24) is 14.3 Å². The van der Waals surface area contributed by atoms with E-state index in [1.807, 2.05) is 24.3 Å². The summed E-state index contributed by atoms with van der Waals surface area (Å²) in [4.78, 5) is 27.2. The number of anilines is 1. The Balaban J connectivity index is 1.53. The largest absolute Gasteiger partial charge is 0.290 e. The van der Waals surface area contributed by atoms with Crippen molar-refractivity contribution in [2.24, 2.45) is 4.99 Å². The predicted molar refractivity (Wildman–Crippen MR) is 125 cm³/mol. The van der Waals surface area contributed by atoms with Crippen LogP contribution in [0.25, 0.3) is 0 Å². The van der Waals surface area contributed by atoms with E-state index in [9.17, 15) is 17.6 Å². The zero-order valence-electron chi connectivity index (χ0n) is 18.3. The number of aliphatic imine (C=N–C) groups is 1. The number of amidine groups is 1. The Morgan fingerprint density at radius 1 is 0.971 bits per heavy atom. The molecule has 2 aromatic carbocycles. The predicted octanol–water partition coefficient (Wildman–Crippen LogP) is 3.40. The first-order valence-corrected chi connectivity index (χ1v) is 12.4. The third-order valence-electron chi connectivity index (χ3n) is 5.95. The first-order valence-electron chi connectivity index (χ1n) is 11.0.